The van der Waals surface area contributed by atoms with Gasteiger partial charge in [-0.3, -0.25) is 0 Å². The second kappa shape index (κ2) is 14.5. The van der Waals surface area contributed by atoms with Crippen molar-refractivity contribution in [2.24, 2.45) is 5.92 Å². The molecule has 3 aliphatic rings. The molecule has 0 fully saturated rings. The predicted molar refractivity (Wildman–Crippen MR) is 224 cm³/mol. The minimum atomic E-state index is -3.38. The second-order valence-electron chi connectivity index (χ2n) is 13.8. The SMILES string of the molecule is O=S1(=O)C=CC(C2=Cc3nc2c(-c2ccccc2)c2ccc([n-]2)c(-c2ccccc2)c2nc(c(-c4ccccc4)c4ccc([n-]4)c3-c3ccccc3)C=C2)C1.[Zn+2]. The molecule has 3 aromatic heterocycles. The zero-order valence-electron chi connectivity index (χ0n) is 30.2. The summed E-state index contributed by atoms with van der Waals surface area (Å²) in [7, 11) is -3.38. The van der Waals surface area contributed by atoms with Gasteiger partial charge in [0, 0.05) is 11.3 Å². The fourth-order valence-corrected chi connectivity index (χ4v) is 9.17. The van der Waals surface area contributed by atoms with Gasteiger partial charge in [0.1, 0.15) is 0 Å². The topological polar surface area (TPSA) is 88.1 Å². The van der Waals surface area contributed by atoms with E-state index in [2.05, 4.69) is 72.8 Å². The maximum atomic E-state index is 13.0. The Morgan fingerprint density at radius 3 is 1.29 bits per heavy atom. The maximum Gasteiger partial charge on any atom is 2.00 e. The summed E-state index contributed by atoms with van der Waals surface area (Å²) < 4.78 is 25.9. The van der Waals surface area contributed by atoms with Gasteiger partial charge in [0.15, 0.2) is 9.84 Å². The summed E-state index contributed by atoms with van der Waals surface area (Å²) in [4.78, 5) is 21.5. The van der Waals surface area contributed by atoms with Crippen molar-refractivity contribution in [2.75, 3.05) is 5.75 Å². The number of hydrogen-bond donors (Lipinski definition) is 0. The molecule has 6 heterocycles. The molecule has 0 aliphatic carbocycles. The van der Waals surface area contributed by atoms with Crippen LogP contribution < -0.4 is 9.97 Å². The molecular formula is C48H32N4O2SZn. The van der Waals surface area contributed by atoms with Crippen LogP contribution in [0, 0.1) is 5.92 Å². The van der Waals surface area contributed by atoms with Crippen molar-refractivity contribution in [3.05, 3.63) is 180 Å². The molecule has 6 nitrogen and oxygen atoms in total. The van der Waals surface area contributed by atoms with Crippen LogP contribution in [-0.2, 0) is 29.3 Å². The molecule has 7 aromatic rings. The molecule has 1 atom stereocenters. The Labute approximate surface area is 337 Å². The van der Waals surface area contributed by atoms with Crippen LogP contribution in [0.1, 0.15) is 22.8 Å². The first-order valence-corrected chi connectivity index (χ1v) is 19.9. The number of allylic oxidation sites excluding steroid dienone is 2. The number of nitrogens with zero attached hydrogens (tertiary/aromatic N) is 4. The van der Waals surface area contributed by atoms with E-state index in [4.69, 9.17) is 19.9 Å². The average Bonchev–Trinajstić information content (AvgIpc) is 4.08. The van der Waals surface area contributed by atoms with Crippen LogP contribution in [0.25, 0.3) is 90.4 Å². The Balaban J connectivity index is 0.00000410. The Morgan fingerprint density at radius 1 is 0.482 bits per heavy atom. The van der Waals surface area contributed by atoms with Gasteiger partial charge in [0.25, 0.3) is 0 Å². The van der Waals surface area contributed by atoms with E-state index in [0.29, 0.717) is 11.4 Å². The maximum absolute atomic E-state index is 13.0. The van der Waals surface area contributed by atoms with Gasteiger partial charge >= 0.3 is 19.5 Å². The predicted octanol–water partition coefficient (Wildman–Crippen LogP) is 10.5. The van der Waals surface area contributed by atoms with Gasteiger partial charge in [0.2, 0.25) is 0 Å². The third-order valence-corrected chi connectivity index (χ3v) is 11.7. The Kier molecular flexibility index (Phi) is 9.16. The van der Waals surface area contributed by atoms with E-state index in [0.717, 1.165) is 83.5 Å². The molecule has 0 spiro atoms. The first kappa shape index (κ1) is 35.5. The number of benzene rings is 4. The van der Waals surface area contributed by atoms with Crippen LogP contribution >= 0.6 is 0 Å². The smallest absolute Gasteiger partial charge is 0.657 e. The fraction of sp³-hybridized carbons (Fsp3) is 0.0417. The van der Waals surface area contributed by atoms with Gasteiger partial charge in [-0.2, -0.15) is 0 Å². The van der Waals surface area contributed by atoms with E-state index in [1.54, 1.807) is 6.08 Å². The van der Waals surface area contributed by atoms with E-state index >= 15 is 0 Å². The standard InChI is InChI=1S/C48H32N4O2S.Zn/c53-55(54)28-27-35(30-55)36-29-43-46(33-17-9-3-10-18-33)41-24-23-39(50-41)44(31-13-5-1-6-14-31)37-21-22-38(49-37)45(32-15-7-2-8-16-32)40-25-26-42(51-40)47(48(36)52-43)34-19-11-4-12-20-34;/h1-29,35H,30H2;/q-2;+2. The molecular weight excluding hydrogens is 762 g/mol. The van der Waals surface area contributed by atoms with E-state index in [9.17, 15) is 8.42 Å². The number of rotatable bonds is 5. The van der Waals surface area contributed by atoms with Crippen molar-refractivity contribution in [3.63, 3.8) is 0 Å². The minimum Gasteiger partial charge on any atom is -0.657 e. The largest absolute Gasteiger partial charge is 2.00 e. The van der Waals surface area contributed by atoms with Gasteiger partial charge < -0.3 is 9.97 Å². The Morgan fingerprint density at radius 2 is 0.875 bits per heavy atom. The third kappa shape index (κ3) is 6.41. The van der Waals surface area contributed by atoms with Crippen molar-refractivity contribution in [1.29, 1.82) is 0 Å². The molecule has 0 saturated carbocycles. The summed E-state index contributed by atoms with van der Waals surface area (Å²) in [5.41, 5.74) is 14.2. The molecule has 4 aromatic carbocycles. The third-order valence-electron chi connectivity index (χ3n) is 10.3. The van der Waals surface area contributed by atoms with Gasteiger partial charge in [-0.1, -0.05) is 152 Å². The average molecular weight is 794 g/mol. The van der Waals surface area contributed by atoms with Crippen LogP contribution in [0.2, 0.25) is 0 Å². The monoisotopic (exact) mass is 792 g/mol. The van der Waals surface area contributed by atoms with Gasteiger partial charge in [-0.05, 0) is 68.3 Å². The molecule has 0 amide bonds. The molecule has 264 valence electrons. The van der Waals surface area contributed by atoms with Crippen LogP contribution in [0.5, 0.6) is 0 Å². The van der Waals surface area contributed by atoms with Crippen LogP contribution in [0.3, 0.4) is 0 Å². The molecule has 8 heteroatoms. The second-order valence-corrected chi connectivity index (χ2v) is 15.8. The zero-order valence-corrected chi connectivity index (χ0v) is 34.0. The summed E-state index contributed by atoms with van der Waals surface area (Å²) in [6.45, 7) is 0. The van der Waals surface area contributed by atoms with Crippen LogP contribution in [0.15, 0.2) is 157 Å². The number of hydrogen-bond acceptors (Lipinski definition) is 4. The quantitative estimate of drug-likeness (QED) is 0.161. The number of aromatic nitrogens is 4. The summed E-state index contributed by atoms with van der Waals surface area (Å²) in [5.74, 6) is -0.425. The van der Waals surface area contributed by atoms with Crippen molar-refractivity contribution in [1.82, 2.24) is 19.9 Å². The fourth-order valence-electron chi connectivity index (χ4n) is 7.84. The molecule has 1 unspecified atom stereocenters. The minimum absolute atomic E-state index is 0. The summed E-state index contributed by atoms with van der Waals surface area (Å²) in [5, 5.41) is 1.33. The molecule has 10 rings (SSSR count). The van der Waals surface area contributed by atoms with E-state index in [1.165, 1.54) is 5.41 Å². The normalized spacial score (nSPS) is 15.4. The van der Waals surface area contributed by atoms with Crippen molar-refractivity contribution in [3.8, 4) is 44.5 Å². The molecule has 0 radical (unpaired) electrons. The van der Waals surface area contributed by atoms with Crippen LogP contribution in [-0.4, -0.2) is 24.1 Å². The molecule has 56 heavy (non-hydrogen) atoms. The first-order chi connectivity index (χ1) is 27.0. The van der Waals surface area contributed by atoms with E-state index in [-0.39, 0.29) is 25.2 Å². The number of sulfone groups is 1. The van der Waals surface area contributed by atoms with Crippen molar-refractivity contribution < 1.29 is 27.9 Å². The molecule has 0 saturated heterocycles. The van der Waals surface area contributed by atoms with Crippen LogP contribution in [0.4, 0.5) is 0 Å². The molecule has 8 bridgehead atoms. The summed E-state index contributed by atoms with van der Waals surface area (Å²) in [6, 6.07) is 48.9. The van der Waals surface area contributed by atoms with Gasteiger partial charge in [0.05, 0.1) is 28.5 Å². The zero-order chi connectivity index (χ0) is 36.9. The summed E-state index contributed by atoms with van der Waals surface area (Å²) >= 11 is 0. The van der Waals surface area contributed by atoms with Crippen molar-refractivity contribution >= 4 is 55.7 Å². The summed E-state index contributed by atoms with van der Waals surface area (Å²) in [6.07, 6.45) is 7.98. The van der Waals surface area contributed by atoms with Gasteiger partial charge in [-0.25, -0.2) is 18.4 Å². The Bertz CT molecular complexity index is 3010. The van der Waals surface area contributed by atoms with Gasteiger partial charge in [-0.15, -0.1) is 22.1 Å². The first-order valence-electron chi connectivity index (χ1n) is 18.2. The van der Waals surface area contributed by atoms with E-state index < -0.39 is 15.8 Å². The molecule has 0 N–H and O–H groups in total. The molecule has 3 aliphatic heterocycles. The van der Waals surface area contributed by atoms with E-state index in [1.807, 2.05) is 91.0 Å². The Hall–Kier alpha value is -6.21. The number of fused-ring (bicyclic) bond motifs is 8. The van der Waals surface area contributed by atoms with Crippen molar-refractivity contribution in [2.45, 2.75) is 0 Å².